The van der Waals surface area contributed by atoms with Crippen molar-refractivity contribution in [3.63, 3.8) is 0 Å². The number of anilines is 1. The SMILES string of the molecule is O=C(Nc1ccccc1)NN1C(=O)/C(=C/c2cccs2)SC1=S. The maximum atomic E-state index is 12.3. The Morgan fingerprint density at radius 2 is 1.96 bits per heavy atom. The van der Waals surface area contributed by atoms with Crippen LogP contribution in [0.5, 0.6) is 0 Å². The molecule has 0 aliphatic carbocycles. The Morgan fingerprint density at radius 3 is 2.65 bits per heavy atom. The molecule has 23 heavy (non-hydrogen) atoms. The summed E-state index contributed by atoms with van der Waals surface area (Å²) in [7, 11) is 0. The predicted molar refractivity (Wildman–Crippen MR) is 97.9 cm³/mol. The highest BCUT2D eigenvalue weighted by molar-refractivity contribution is 8.26. The minimum Gasteiger partial charge on any atom is -0.307 e. The number of hydrogen-bond acceptors (Lipinski definition) is 5. The molecule has 0 spiro atoms. The van der Waals surface area contributed by atoms with E-state index in [1.54, 1.807) is 30.3 Å². The van der Waals surface area contributed by atoms with Crippen molar-refractivity contribution in [1.29, 1.82) is 0 Å². The van der Waals surface area contributed by atoms with Gasteiger partial charge in [0.15, 0.2) is 4.32 Å². The van der Waals surface area contributed by atoms with E-state index < -0.39 is 6.03 Å². The number of amides is 3. The number of para-hydroxylation sites is 1. The molecule has 1 saturated heterocycles. The number of carbonyl (C=O) groups excluding carboxylic acids is 2. The van der Waals surface area contributed by atoms with Gasteiger partial charge in [-0.1, -0.05) is 36.0 Å². The van der Waals surface area contributed by atoms with E-state index in [1.165, 1.54) is 11.3 Å². The van der Waals surface area contributed by atoms with Gasteiger partial charge in [0, 0.05) is 10.6 Å². The largest absolute Gasteiger partial charge is 0.338 e. The van der Waals surface area contributed by atoms with Crippen molar-refractivity contribution in [1.82, 2.24) is 10.4 Å². The Hall–Kier alpha value is -2.16. The van der Waals surface area contributed by atoms with Crippen molar-refractivity contribution in [3.8, 4) is 0 Å². The van der Waals surface area contributed by atoms with Crippen LogP contribution in [0.25, 0.3) is 6.08 Å². The molecule has 3 rings (SSSR count). The third-order valence-electron chi connectivity index (χ3n) is 2.86. The second-order valence-corrected chi connectivity index (χ2v) is 7.12. The summed E-state index contributed by atoms with van der Waals surface area (Å²) in [5.41, 5.74) is 3.10. The smallest absolute Gasteiger partial charge is 0.307 e. The molecule has 1 aliphatic rings. The lowest BCUT2D eigenvalue weighted by atomic mass is 10.3. The molecule has 5 nitrogen and oxygen atoms in total. The normalized spacial score (nSPS) is 16.0. The Morgan fingerprint density at radius 1 is 1.17 bits per heavy atom. The van der Waals surface area contributed by atoms with Gasteiger partial charge in [0.1, 0.15) is 0 Å². The summed E-state index contributed by atoms with van der Waals surface area (Å²) in [5, 5.41) is 5.65. The van der Waals surface area contributed by atoms with E-state index in [9.17, 15) is 9.59 Å². The molecule has 0 bridgehead atoms. The fraction of sp³-hybridized carbons (Fsp3) is 0. The first-order chi connectivity index (χ1) is 11.1. The molecule has 3 amide bonds. The molecule has 0 unspecified atom stereocenters. The number of thioether (sulfide) groups is 1. The van der Waals surface area contributed by atoms with Gasteiger partial charge in [-0.25, -0.2) is 10.2 Å². The lowest BCUT2D eigenvalue weighted by Gasteiger charge is -2.16. The molecule has 0 radical (unpaired) electrons. The zero-order valence-electron chi connectivity index (χ0n) is 11.7. The fourth-order valence-electron chi connectivity index (χ4n) is 1.85. The maximum absolute atomic E-state index is 12.3. The van der Waals surface area contributed by atoms with Gasteiger partial charge in [-0.05, 0) is 41.9 Å². The molecule has 2 N–H and O–H groups in total. The molecule has 0 atom stereocenters. The van der Waals surface area contributed by atoms with E-state index in [4.69, 9.17) is 12.2 Å². The summed E-state index contributed by atoms with van der Waals surface area (Å²) in [6.07, 6.45) is 1.76. The third kappa shape index (κ3) is 3.79. The standard InChI is InChI=1S/C15H11N3O2S3/c19-13-12(9-11-7-4-8-22-11)23-15(21)18(13)17-14(20)16-10-5-2-1-3-6-10/h1-9H,(H2,16,17,20)/b12-9-. The lowest BCUT2D eigenvalue weighted by molar-refractivity contribution is -0.123. The molecule has 1 aromatic carbocycles. The van der Waals surface area contributed by atoms with Gasteiger partial charge in [-0.3, -0.25) is 4.79 Å². The van der Waals surface area contributed by atoms with Crippen molar-refractivity contribution in [2.75, 3.05) is 5.32 Å². The highest BCUT2D eigenvalue weighted by Crippen LogP contribution is 2.32. The number of rotatable bonds is 3. The molecule has 1 fully saturated rings. The average molecular weight is 361 g/mol. The molecule has 2 aromatic rings. The van der Waals surface area contributed by atoms with Crippen LogP contribution in [0.4, 0.5) is 10.5 Å². The second-order valence-electron chi connectivity index (χ2n) is 4.46. The number of carbonyl (C=O) groups is 2. The summed E-state index contributed by atoms with van der Waals surface area (Å²) in [6, 6.07) is 12.2. The molecule has 0 saturated carbocycles. The number of hydrazine groups is 1. The van der Waals surface area contributed by atoms with E-state index >= 15 is 0 Å². The predicted octanol–water partition coefficient (Wildman–Crippen LogP) is 3.69. The van der Waals surface area contributed by atoms with Gasteiger partial charge in [-0.15, -0.1) is 11.3 Å². The molecule has 1 aliphatic heterocycles. The molecule has 1 aromatic heterocycles. The molecule has 116 valence electrons. The van der Waals surface area contributed by atoms with E-state index in [1.807, 2.05) is 23.6 Å². The van der Waals surface area contributed by atoms with E-state index in [0.29, 0.717) is 14.9 Å². The number of hydrogen-bond donors (Lipinski definition) is 2. The highest BCUT2D eigenvalue weighted by Gasteiger charge is 2.33. The van der Waals surface area contributed by atoms with E-state index in [-0.39, 0.29) is 5.91 Å². The van der Waals surface area contributed by atoms with Gasteiger partial charge in [0.25, 0.3) is 5.91 Å². The van der Waals surface area contributed by atoms with Crippen LogP contribution >= 0.6 is 35.3 Å². The summed E-state index contributed by atoms with van der Waals surface area (Å²) in [5.74, 6) is -0.336. The van der Waals surface area contributed by atoms with Crippen LogP contribution < -0.4 is 10.7 Å². The van der Waals surface area contributed by atoms with Crippen LogP contribution in [0, 0.1) is 0 Å². The number of thiophene rings is 1. The van der Waals surface area contributed by atoms with Gasteiger partial charge < -0.3 is 5.32 Å². The minimum atomic E-state index is -0.523. The van der Waals surface area contributed by atoms with Gasteiger partial charge in [0.05, 0.1) is 4.91 Å². The summed E-state index contributed by atoms with van der Waals surface area (Å²) in [4.78, 5) is 25.8. The van der Waals surface area contributed by atoms with Crippen molar-refractivity contribution in [3.05, 3.63) is 57.6 Å². The number of benzene rings is 1. The van der Waals surface area contributed by atoms with Gasteiger partial charge in [0.2, 0.25) is 0 Å². The van der Waals surface area contributed by atoms with Crippen molar-refractivity contribution in [2.24, 2.45) is 0 Å². The van der Waals surface area contributed by atoms with Crippen molar-refractivity contribution in [2.45, 2.75) is 0 Å². The molecule has 8 heteroatoms. The first-order valence-corrected chi connectivity index (χ1v) is 8.68. The lowest BCUT2D eigenvalue weighted by Crippen LogP contribution is -2.46. The Bertz CT molecular complexity index is 773. The zero-order chi connectivity index (χ0) is 16.2. The number of thiocarbonyl (C=S) groups is 1. The van der Waals surface area contributed by atoms with Crippen LogP contribution in [0.2, 0.25) is 0 Å². The van der Waals surface area contributed by atoms with Crippen molar-refractivity contribution < 1.29 is 9.59 Å². The Balaban J connectivity index is 1.67. The van der Waals surface area contributed by atoms with Gasteiger partial charge >= 0.3 is 6.03 Å². The van der Waals surface area contributed by atoms with Gasteiger partial charge in [-0.2, -0.15) is 5.01 Å². The highest BCUT2D eigenvalue weighted by atomic mass is 32.2. The first-order valence-electron chi connectivity index (χ1n) is 6.57. The van der Waals surface area contributed by atoms with Crippen LogP contribution in [0.3, 0.4) is 0 Å². The second kappa shape index (κ2) is 6.95. The number of nitrogens with zero attached hydrogens (tertiary/aromatic N) is 1. The number of nitrogens with one attached hydrogen (secondary N) is 2. The minimum absolute atomic E-state index is 0.293. The monoisotopic (exact) mass is 361 g/mol. The Labute approximate surface area is 146 Å². The first kappa shape index (κ1) is 15.7. The fourth-order valence-corrected chi connectivity index (χ4v) is 3.75. The van der Waals surface area contributed by atoms with Crippen LogP contribution in [0.15, 0.2) is 52.7 Å². The maximum Gasteiger partial charge on any atom is 0.338 e. The van der Waals surface area contributed by atoms with Crippen molar-refractivity contribution >= 4 is 63.3 Å². The summed E-state index contributed by atoms with van der Waals surface area (Å²) in [6.45, 7) is 0. The van der Waals surface area contributed by atoms with Crippen LogP contribution in [-0.2, 0) is 4.79 Å². The summed E-state index contributed by atoms with van der Waals surface area (Å²) < 4.78 is 0.293. The average Bonchev–Trinajstić information content (AvgIpc) is 3.13. The van der Waals surface area contributed by atoms with E-state index in [2.05, 4.69) is 10.7 Å². The summed E-state index contributed by atoms with van der Waals surface area (Å²) >= 11 is 7.85. The van der Waals surface area contributed by atoms with Crippen LogP contribution in [-0.4, -0.2) is 21.3 Å². The van der Waals surface area contributed by atoms with E-state index in [0.717, 1.165) is 21.6 Å². The molecule has 2 heterocycles. The molecular weight excluding hydrogens is 350 g/mol. The quantitative estimate of drug-likeness (QED) is 0.647. The third-order valence-corrected chi connectivity index (χ3v) is 4.98. The zero-order valence-corrected chi connectivity index (χ0v) is 14.1. The van der Waals surface area contributed by atoms with Crippen LogP contribution in [0.1, 0.15) is 4.88 Å². The topological polar surface area (TPSA) is 61.4 Å². The Kier molecular flexibility index (Phi) is 4.75. The molecular formula is C15H11N3O2S3. The number of urea groups is 1.